The average Bonchev–Trinajstić information content (AvgIpc) is 2.40. The predicted molar refractivity (Wildman–Crippen MR) is 69.2 cm³/mol. The van der Waals surface area contributed by atoms with Gasteiger partial charge in [0.25, 0.3) is 5.88 Å². The molecule has 0 amide bonds. The van der Waals surface area contributed by atoms with Crippen LogP contribution in [0.15, 0.2) is 6.33 Å². The summed E-state index contributed by atoms with van der Waals surface area (Å²) < 4.78 is 4.94. The van der Waals surface area contributed by atoms with Gasteiger partial charge < -0.3 is 15.4 Å². The summed E-state index contributed by atoms with van der Waals surface area (Å²) in [5, 5.41) is 11.2. The SMILES string of the molecule is COc1ncnc(N2CCC(C)C(N)C2)c1[N+](=O)[O-]. The molecule has 0 radical (unpaired) electrons. The van der Waals surface area contributed by atoms with Crippen LogP contribution in [0.4, 0.5) is 11.5 Å². The van der Waals surface area contributed by atoms with Crippen LogP contribution in [-0.2, 0) is 0 Å². The van der Waals surface area contributed by atoms with E-state index < -0.39 is 4.92 Å². The number of anilines is 1. The summed E-state index contributed by atoms with van der Waals surface area (Å²) >= 11 is 0. The summed E-state index contributed by atoms with van der Waals surface area (Å²) in [6, 6.07) is -0.0192. The first-order chi connectivity index (χ1) is 9.04. The van der Waals surface area contributed by atoms with Crippen LogP contribution in [0.2, 0.25) is 0 Å². The van der Waals surface area contributed by atoms with E-state index in [9.17, 15) is 10.1 Å². The first kappa shape index (κ1) is 13.5. The molecule has 8 heteroatoms. The lowest BCUT2D eigenvalue weighted by molar-refractivity contribution is -0.385. The van der Waals surface area contributed by atoms with Crippen LogP contribution in [0.5, 0.6) is 5.88 Å². The molecule has 1 aliphatic rings. The van der Waals surface area contributed by atoms with Gasteiger partial charge in [0.05, 0.1) is 12.0 Å². The van der Waals surface area contributed by atoms with Crippen molar-refractivity contribution >= 4 is 11.5 Å². The van der Waals surface area contributed by atoms with E-state index in [0.29, 0.717) is 19.0 Å². The van der Waals surface area contributed by atoms with Crippen molar-refractivity contribution in [3.05, 3.63) is 16.4 Å². The van der Waals surface area contributed by atoms with Crippen molar-refractivity contribution in [3.63, 3.8) is 0 Å². The number of hydrogen-bond donors (Lipinski definition) is 1. The number of nitro groups is 1. The van der Waals surface area contributed by atoms with E-state index in [1.54, 1.807) is 0 Å². The molecule has 0 aromatic carbocycles. The minimum absolute atomic E-state index is 0.0192. The van der Waals surface area contributed by atoms with Crippen molar-refractivity contribution in [2.75, 3.05) is 25.1 Å². The van der Waals surface area contributed by atoms with Crippen LogP contribution in [0.25, 0.3) is 0 Å². The Hall–Kier alpha value is -1.96. The third kappa shape index (κ3) is 2.58. The van der Waals surface area contributed by atoms with Gasteiger partial charge in [-0.05, 0) is 12.3 Å². The number of piperidine rings is 1. The van der Waals surface area contributed by atoms with Gasteiger partial charge >= 0.3 is 5.69 Å². The highest BCUT2D eigenvalue weighted by atomic mass is 16.6. The molecule has 0 bridgehead atoms. The number of methoxy groups -OCH3 is 1. The maximum Gasteiger partial charge on any atom is 0.372 e. The zero-order chi connectivity index (χ0) is 14.0. The van der Waals surface area contributed by atoms with Crippen molar-refractivity contribution < 1.29 is 9.66 Å². The lowest BCUT2D eigenvalue weighted by atomic mass is 9.94. The maximum absolute atomic E-state index is 11.2. The maximum atomic E-state index is 11.2. The second-order valence-corrected chi connectivity index (χ2v) is 4.69. The molecule has 1 aliphatic heterocycles. The van der Waals surface area contributed by atoms with Gasteiger partial charge in [-0.15, -0.1) is 0 Å². The number of nitrogens with two attached hydrogens (primary N) is 1. The highest BCUT2D eigenvalue weighted by Gasteiger charge is 2.32. The quantitative estimate of drug-likeness (QED) is 0.630. The standard InChI is InChI=1S/C11H17N5O3/c1-7-3-4-15(5-8(7)12)10-9(16(17)18)11(19-2)14-6-13-10/h6-8H,3-5,12H2,1-2H3. The Balaban J connectivity index is 2.37. The van der Waals surface area contributed by atoms with E-state index >= 15 is 0 Å². The Morgan fingerprint density at radius 3 is 2.89 bits per heavy atom. The van der Waals surface area contributed by atoms with Crippen molar-refractivity contribution in [2.45, 2.75) is 19.4 Å². The van der Waals surface area contributed by atoms with Gasteiger partial charge in [-0.25, -0.2) is 4.98 Å². The van der Waals surface area contributed by atoms with E-state index in [-0.39, 0.29) is 23.4 Å². The average molecular weight is 267 g/mol. The molecule has 104 valence electrons. The van der Waals surface area contributed by atoms with Gasteiger partial charge in [-0.3, -0.25) is 10.1 Å². The second kappa shape index (κ2) is 5.35. The van der Waals surface area contributed by atoms with E-state index in [1.807, 2.05) is 4.90 Å². The van der Waals surface area contributed by atoms with Crippen LogP contribution in [-0.4, -0.2) is 41.1 Å². The normalized spacial score (nSPS) is 23.2. The number of nitrogens with zero attached hydrogens (tertiary/aromatic N) is 4. The molecule has 1 aromatic rings. The molecule has 2 atom stereocenters. The molecule has 1 aromatic heterocycles. The molecule has 0 saturated carbocycles. The fourth-order valence-electron chi connectivity index (χ4n) is 2.19. The first-order valence-corrected chi connectivity index (χ1v) is 6.08. The van der Waals surface area contributed by atoms with E-state index in [2.05, 4.69) is 16.9 Å². The number of ether oxygens (including phenoxy) is 1. The minimum atomic E-state index is -0.516. The van der Waals surface area contributed by atoms with Crippen LogP contribution < -0.4 is 15.4 Å². The Morgan fingerprint density at radius 2 is 2.32 bits per heavy atom. The highest BCUT2D eigenvalue weighted by molar-refractivity contribution is 5.63. The van der Waals surface area contributed by atoms with Crippen molar-refractivity contribution in [1.29, 1.82) is 0 Å². The molecule has 19 heavy (non-hydrogen) atoms. The van der Waals surface area contributed by atoms with Gasteiger partial charge in [-0.2, -0.15) is 4.98 Å². The summed E-state index contributed by atoms with van der Waals surface area (Å²) in [4.78, 5) is 20.3. The molecule has 0 spiro atoms. The van der Waals surface area contributed by atoms with E-state index in [4.69, 9.17) is 10.5 Å². The zero-order valence-electron chi connectivity index (χ0n) is 10.9. The van der Waals surface area contributed by atoms with Crippen molar-refractivity contribution in [3.8, 4) is 5.88 Å². The van der Waals surface area contributed by atoms with Crippen molar-refractivity contribution in [1.82, 2.24) is 9.97 Å². The highest BCUT2D eigenvalue weighted by Crippen LogP contribution is 2.34. The lowest BCUT2D eigenvalue weighted by Gasteiger charge is -2.35. The third-order valence-corrected chi connectivity index (χ3v) is 3.46. The predicted octanol–water partition coefficient (Wildman–Crippen LogP) is 0.567. The fraction of sp³-hybridized carbons (Fsp3) is 0.636. The topological polar surface area (TPSA) is 107 Å². The van der Waals surface area contributed by atoms with Crippen molar-refractivity contribution in [2.24, 2.45) is 11.7 Å². The largest absolute Gasteiger partial charge is 0.476 e. The van der Waals surface area contributed by atoms with E-state index in [1.165, 1.54) is 13.4 Å². The van der Waals surface area contributed by atoms with Gasteiger partial charge in [-0.1, -0.05) is 6.92 Å². The van der Waals surface area contributed by atoms with Crippen LogP contribution in [0.3, 0.4) is 0 Å². The third-order valence-electron chi connectivity index (χ3n) is 3.46. The van der Waals surface area contributed by atoms with Crippen LogP contribution in [0.1, 0.15) is 13.3 Å². The van der Waals surface area contributed by atoms with E-state index in [0.717, 1.165) is 6.42 Å². The molecule has 2 N–H and O–H groups in total. The zero-order valence-corrected chi connectivity index (χ0v) is 10.9. The molecular weight excluding hydrogens is 250 g/mol. The first-order valence-electron chi connectivity index (χ1n) is 6.08. The molecule has 0 aliphatic carbocycles. The number of aromatic nitrogens is 2. The molecule has 1 fully saturated rings. The molecule has 1 saturated heterocycles. The minimum Gasteiger partial charge on any atom is -0.476 e. The lowest BCUT2D eigenvalue weighted by Crippen LogP contribution is -2.48. The van der Waals surface area contributed by atoms with Gasteiger partial charge in [0, 0.05) is 19.1 Å². The smallest absolute Gasteiger partial charge is 0.372 e. The summed E-state index contributed by atoms with van der Waals surface area (Å²) in [6.07, 6.45) is 2.15. The number of hydrogen-bond acceptors (Lipinski definition) is 7. The van der Waals surface area contributed by atoms with Gasteiger partial charge in [0.1, 0.15) is 6.33 Å². The molecule has 2 unspecified atom stereocenters. The Morgan fingerprint density at radius 1 is 1.58 bits per heavy atom. The molecule has 2 rings (SSSR count). The molecular formula is C11H17N5O3. The molecule has 2 heterocycles. The fourth-order valence-corrected chi connectivity index (χ4v) is 2.19. The van der Waals surface area contributed by atoms with Crippen LogP contribution in [0, 0.1) is 16.0 Å². The Bertz CT molecular complexity index is 481. The van der Waals surface area contributed by atoms with Gasteiger partial charge in [0.15, 0.2) is 0 Å². The number of rotatable bonds is 3. The second-order valence-electron chi connectivity index (χ2n) is 4.69. The van der Waals surface area contributed by atoms with Crippen LogP contribution >= 0.6 is 0 Å². The summed E-state index contributed by atoms with van der Waals surface area (Å²) in [6.45, 7) is 3.31. The Kier molecular flexibility index (Phi) is 3.79. The summed E-state index contributed by atoms with van der Waals surface area (Å²) in [5.74, 6) is 0.653. The summed E-state index contributed by atoms with van der Waals surface area (Å²) in [5.41, 5.74) is 5.81. The monoisotopic (exact) mass is 267 g/mol. The Labute approximate surface area is 110 Å². The van der Waals surface area contributed by atoms with Gasteiger partial charge in [0.2, 0.25) is 5.82 Å². The molecule has 8 nitrogen and oxygen atoms in total. The summed E-state index contributed by atoms with van der Waals surface area (Å²) in [7, 11) is 1.35.